The van der Waals surface area contributed by atoms with Gasteiger partial charge in [0.2, 0.25) is 0 Å². The van der Waals surface area contributed by atoms with Crippen LogP contribution in [0.1, 0.15) is 0 Å². The molecule has 0 spiro atoms. The van der Waals surface area contributed by atoms with Crippen molar-refractivity contribution in [2.75, 3.05) is 12.0 Å². The van der Waals surface area contributed by atoms with Crippen molar-refractivity contribution in [3.05, 3.63) is 12.4 Å². The van der Waals surface area contributed by atoms with E-state index in [-0.39, 0.29) is 0 Å². The maximum Gasteiger partial charge on any atom is 0.0739 e. The maximum atomic E-state index is 8.99. The Morgan fingerprint density at radius 2 is 2.30 bits per heavy atom. The molecule has 0 amide bonds. The summed E-state index contributed by atoms with van der Waals surface area (Å²) in [4.78, 5) is 0. The van der Waals surface area contributed by atoms with E-state index in [4.69, 9.17) is 14.8 Å². The summed E-state index contributed by atoms with van der Waals surface area (Å²) in [7, 11) is -2.76. The second-order valence-electron chi connectivity index (χ2n) is 1.97. The summed E-state index contributed by atoms with van der Waals surface area (Å²) < 4.78 is 19.0. The minimum Gasteiger partial charge on any atom is -0.396 e. The van der Waals surface area contributed by atoms with Gasteiger partial charge in [-0.05, 0) is 0 Å². The number of nitrogens with zero attached hydrogens (tertiary/aromatic N) is 2. The average Bonchev–Trinajstić information content (AvgIpc) is 2.11. The topological polar surface area (TPSA) is 84.3 Å². The third-order valence-corrected chi connectivity index (χ3v) is 1.84. The van der Waals surface area contributed by atoms with Crippen LogP contribution in [0, 0.1) is 0 Å². The van der Waals surface area contributed by atoms with Gasteiger partial charge >= 0.3 is 0 Å². The predicted octanol–water partition coefficient (Wildman–Crippen LogP) is 0.609. The first-order chi connectivity index (χ1) is 4.50. The van der Waals surface area contributed by atoms with Crippen LogP contribution in [0.3, 0.4) is 0 Å². The molecule has 5 nitrogen and oxygen atoms in total. The van der Waals surface area contributed by atoms with Crippen LogP contribution in [-0.2, 0) is 0 Å². The minimum absolute atomic E-state index is 0.418. The van der Waals surface area contributed by atoms with Crippen molar-refractivity contribution in [1.29, 1.82) is 0 Å². The van der Waals surface area contributed by atoms with Crippen LogP contribution in [0.5, 0.6) is 0 Å². The van der Waals surface area contributed by atoms with E-state index in [2.05, 4.69) is 5.10 Å². The van der Waals surface area contributed by atoms with E-state index >= 15 is 0 Å². The van der Waals surface area contributed by atoms with Gasteiger partial charge in [0.05, 0.1) is 18.1 Å². The van der Waals surface area contributed by atoms with E-state index in [1.807, 2.05) is 0 Å². The van der Waals surface area contributed by atoms with Gasteiger partial charge in [-0.15, -0.1) is 10.8 Å². The molecule has 0 saturated heterocycles. The molecule has 58 valence electrons. The number of anilines is 1. The van der Waals surface area contributed by atoms with Crippen molar-refractivity contribution in [1.82, 2.24) is 9.19 Å². The second-order valence-corrected chi connectivity index (χ2v) is 3.93. The predicted molar refractivity (Wildman–Crippen MR) is 40.8 cm³/mol. The Bertz CT molecular complexity index is 229. The van der Waals surface area contributed by atoms with E-state index in [1.165, 1.54) is 18.6 Å². The average molecular weight is 163 g/mol. The smallest absolute Gasteiger partial charge is 0.0739 e. The lowest BCUT2D eigenvalue weighted by Gasteiger charge is -2.25. The van der Waals surface area contributed by atoms with E-state index in [0.29, 0.717) is 5.69 Å². The van der Waals surface area contributed by atoms with Crippen LogP contribution in [-0.4, -0.2) is 24.5 Å². The molecule has 0 atom stereocenters. The van der Waals surface area contributed by atoms with Gasteiger partial charge in [0.1, 0.15) is 0 Å². The summed E-state index contributed by atoms with van der Waals surface area (Å²) in [5, 5.41) is 3.62. The number of aromatic nitrogens is 2. The van der Waals surface area contributed by atoms with E-state index in [9.17, 15) is 0 Å². The van der Waals surface area contributed by atoms with Crippen molar-refractivity contribution in [2.45, 2.75) is 0 Å². The fraction of sp³-hybridized carbons (Fsp3) is 0.250. The van der Waals surface area contributed by atoms with Crippen molar-refractivity contribution >= 4 is 16.5 Å². The molecular weight excluding hydrogens is 154 g/mol. The summed E-state index contributed by atoms with van der Waals surface area (Å²) in [5.41, 5.74) is 5.70. The highest BCUT2D eigenvalue weighted by atomic mass is 32.3. The molecule has 0 saturated carbocycles. The van der Waals surface area contributed by atoms with Crippen molar-refractivity contribution in [3.8, 4) is 0 Å². The Morgan fingerprint density at radius 1 is 1.70 bits per heavy atom. The van der Waals surface area contributed by atoms with Crippen LogP contribution in [0.4, 0.5) is 5.69 Å². The molecule has 0 aliphatic carbocycles. The zero-order chi connectivity index (χ0) is 7.78. The van der Waals surface area contributed by atoms with Crippen LogP contribution >= 0.6 is 10.8 Å². The van der Waals surface area contributed by atoms with Gasteiger partial charge in [0.15, 0.2) is 0 Å². The third-order valence-electron chi connectivity index (χ3n) is 0.934. The molecule has 1 rings (SSSR count). The molecular formula is C4H9N3O2S. The summed E-state index contributed by atoms with van der Waals surface area (Å²) in [6.07, 6.45) is 4.01. The van der Waals surface area contributed by atoms with Crippen molar-refractivity contribution in [2.24, 2.45) is 0 Å². The number of nitrogens with two attached hydrogens (primary N) is 1. The Morgan fingerprint density at radius 3 is 2.50 bits per heavy atom. The molecule has 0 radical (unpaired) electrons. The largest absolute Gasteiger partial charge is 0.396 e. The van der Waals surface area contributed by atoms with Crippen molar-refractivity contribution < 1.29 is 9.11 Å². The van der Waals surface area contributed by atoms with Gasteiger partial charge in [-0.2, -0.15) is 9.19 Å². The van der Waals surface area contributed by atoms with Crippen LogP contribution in [0.25, 0.3) is 0 Å². The number of rotatable bonds is 1. The molecule has 10 heavy (non-hydrogen) atoms. The monoisotopic (exact) mass is 163 g/mol. The fourth-order valence-electron chi connectivity index (χ4n) is 0.507. The van der Waals surface area contributed by atoms with Gasteiger partial charge in [0.25, 0.3) is 0 Å². The highest BCUT2D eigenvalue weighted by Crippen LogP contribution is 2.34. The summed E-state index contributed by atoms with van der Waals surface area (Å²) in [6.45, 7) is 0. The van der Waals surface area contributed by atoms with Gasteiger partial charge in [-0.1, -0.05) is 0 Å². The molecule has 0 unspecified atom stereocenters. The molecule has 0 fully saturated rings. The molecule has 0 aromatic carbocycles. The lowest BCUT2D eigenvalue weighted by atomic mass is 10.6. The van der Waals surface area contributed by atoms with E-state index in [0.717, 1.165) is 4.09 Å². The molecule has 4 N–H and O–H groups in total. The standard InChI is InChI=1S/C4H9N3O2S/c1-10(8,9)7-3-4(5)2-6-7/h2-3,8-9H,5H2,1H3. The van der Waals surface area contributed by atoms with Crippen LogP contribution < -0.4 is 5.73 Å². The molecule has 6 heteroatoms. The summed E-state index contributed by atoms with van der Waals surface area (Å²) in [5.74, 6) is 0. The molecule has 1 heterocycles. The first-order valence-electron chi connectivity index (χ1n) is 2.54. The normalized spacial score (nSPS) is 13.5. The second kappa shape index (κ2) is 2.15. The fourth-order valence-corrected chi connectivity index (χ4v) is 1.05. The Balaban J connectivity index is 2.96. The first-order valence-corrected chi connectivity index (χ1v) is 4.45. The Hall–Kier alpha value is -0.720. The molecule has 0 bridgehead atoms. The lowest BCUT2D eigenvalue weighted by molar-refractivity contribution is 0.476. The SMILES string of the molecule is CS(O)(O)n1cc(N)cn1. The molecule has 0 aliphatic heterocycles. The number of hydrogen-bond donors (Lipinski definition) is 3. The minimum atomic E-state index is -2.76. The summed E-state index contributed by atoms with van der Waals surface area (Å²) in [6, 6.07) is 0. The molecule has 0 aliphatic rings. The highest BCUT2D eigenvalue weighted by molar-refractivity contribution is 8.22. The number of hydrogen-bond acceptors (Lipinski definition) is 4. The van der Waals surface area contributed by atoms with Gasteiger partial charge < -0.3 is 5.73 Å². The zero-order valence-corrected chi connectivity index (χ0v) is 6.25. The number of nitrogen functional groups attached to an aromatic ring is 1. The highest BCUT2D eigenvalue weighted by Gasteiger charge is 2.06. The van der Waals surface area contributed by atoms with Gasteiger partial charge in [0, 0.05) is 6.26 Å². The lowest BCUT2D eigenvalue weighted by Crippen LogP contribution is -2.06. The quantitative estimate of drug-likeness (QED) is 0.566. The molecule has 1 aromatic rings. The van der Waals surface area contributed by atoms with Crippen LogP contribution in [0.2, 0.25) is 0 Å². The third kappa shape index (κ3) is 1.41. The Labute approximate surface area is 59.9 Å². The Kier molecular flexibility index (Phi) is 1.59. The zero-order valence-electron chi connectivity index (χ0n) is 5.43. The van der Waals surface area contributed by atoms with E-state index in [1.54, 1.807) is 0 Å². The first kappa shape index (κ1) is 7.39. The van der Waals surface area contributed by atoms with E-state index < -0.39 is 10.8 Å². The van der Waals surface area contributed by atoms with Crippen molar-refractivity contribution in [3.63, 3.8) is 0 Å². The molecule has 1 aromatic heterocycles. The summed E-state index contributed by atoms with van der Waals surface area (Å²) >= 11 is 0. The van der Waals surface area contributed by atoms with Gasteiger partial charge in [-0.25, -0.2) is 0 Å². The van der Waals surface area contributed by atoms with Gasteiger partial charge in [-0.3, -0.25) is 9.11 Å². The van der Waals surface area contributed by atoms with Crippen LogP contribution in [0.15, 0.2) is 12.4 Å². The maximum absolute atomic E-state index is 8.99.